The molecule has 0 heterocycles. The van der Waals surface area contributed by atoms with Crippen LogP contribution in [0.2, 0.25) is 0 Å². The molecule has 0 spiro atoms. The lowest BCUT2D eigenvalue weighted by atomic mass is 9.86. The van der Waals surface area contributed by atoms with Crippen molar-refractivity contribution in [3.63, 3.8) is 0 Å². The molecule has 2 aromatic rings. The van der Waals surface area contributed by atoms with Gasteiger partial charge in [-0.1, -0.05) is 36.8 Å². The van der Waals surface area contributed by atoms with Crippen LogP contribution < -0.4 is 15.2 Å². The maximum absolute atomic E-state index is 13.7. The standard InChI is InChI=1S/C26H29NO5/c1-3-15-32-23-14-13-22(27)25-21(23)16-17(5-4-6-24(28)29)7-12-20(26(25)30)18-8-10-19(31-2)11-9-18/h7-14H,3-6,15-16,27H2,1-2H3,(H,28,29). The number of carboxylic acid groups (broad SMARTS) is 1. The lowest BCUT2D eigenvalue weighted by Crippen LogP contribution is -2.14. The number of ether oxygens (including phenoxy) is 2. The minimum atomic E-state index is -0.822. The van der Waals surface area contributed by atoms with Gasteiger partial charge in [-0.05, 0) is 55.5 Å². The first-order chi connectivity index (χ1) is 15.4. The first-order valence-corrected chi connectivity index (χ1v) is 10.8. The number of rotatable bonds is 9. The van der Waals surface area contributed by atoms with Crippen LogP contribution in [0.1, 0.15) is 54.1 Å². The molecule has 0 unspecified atom stereocenters. The Hall–Kier alpha value is -3.54. The van der Waals surface area contributed by atoms with Gasteiger partial charge in [-0.3, -0.25) is 9.59 Å². The van der Waals surface area contributed by atoms with Crippen molar-refractivity contribution in [2.45, 2.75) is 39.0 Å². The number of nitrogen functional groups attached to an aromatic ring is 1. The quantitative estimate of drug-likeness (QED) is 0.534. The van der Waals surface area contributed by atoms with Crippen LogP contribution >= 0.6 is 0 Å². The van der Waals surface area contributed by atoms with Crippen molar-refractivity contribution in [2.24, 2.45) is 0 Å². The SMILES string of the molecule is CCCOc1ccc(N)c2c1CC(CCCC(=O)O)=CC=C(c1ccc(OC)cc1)C2=O. The molecule has 0 saturated carbocycles. The van der Waals surface area contributed by atoms with Crippen molar-refractivity contribution >= 4 is 23.0 Å². The van der Waals surface area contributed by atoms with E-state index >= 15 is 0 Å². The topological polar surface area (TPSA) is 98.8 Å². The molecule has 0 aliphatic heterocycles. The molecule has 0 saturated heterocycles. The number of allylic oxidation sites excluding steroid dienone is 4. The number of hydrogen-bond acceptors (Lipinski definition) is 5. The van der Waals surface area contributed by atoms with Gasteiger partial charge in [0.15, 0.2) is 5.78 Å². The molecule has 3 N–H and O–H groups in total. The smallest absolute Gasteiger partial charge is 0.303 e. The Morgan fingerprint density at radius 1 is 1.12 bits per heavy atom. The second kappa shape index (κ2) is 10.7. The number of carbonyl (C=O) groups is 2. The van der Waals surface area contributed by atoms with Gasteiger partial charge < -0.3 is 20.3 Å². The van der Waals surface area contributed by atoms with Crippen LogP contribution in [0, 0.1) is 0 Å². The summed E-state index contributed by atoms with van der Waals surface area (Å²) in [6.45, 7) is 2.55. The first kappa shape index (κ1) is 23.1. The molecule has 0 amide bonds. The van der Waals surface area contributed by atoms with Gasteiger partial charge in [0.1, 0.15) is 11.5 Å². The lowest BCUT2D eigenvalue weighted by molar-refractivity contribution is -0.137. The van der Waals surface area contributed by atoms with E-state index in [2.05, 4.69) is 0 Å². The number of fused-ring (bicyclic) bond motifs is 1. The third-order valence-corrected chi connectivity index (χ3v) is 5.41. The highest BCUT2D eigenvalue weighted by atomic mass is 16.5. The number of Topliss-reactive ketones (excluding diaryl/α,β-unsaturated/α-hetero) is 1. The number of hydrogen-bond donors (Lipinski definition) is 2. The van der Waals surface area contributed by atoms with Gasteiger partial charge in [-0.25, -0.2) is 0 Å². The molecule has 0 radical (unpaired) electrons. The van der Waals surface area contributed by atoms with Gasteiger partial charge in [-0.2, -0.15) is 0 Å². The highest BCUT2D eigenvalue weighted by Gasteiger charge is 2.25. The van der Waals surface area contributed by atoms with E-state index in [-0.39, 0.29) is 12.2 Å². The minimum Gasteiger partial charge on any atom is -0.497 e. The zero-order valence-electron chi connectivity index (χ0n) is 18.5. The molecule has 0 fully saturated rings. The van der Waals surface area contributed by atoms with Crippen LogP contribution in [0.25, 0.3) is 5.57 Å². The van der Waals surface area contributed by atoms with Crippen LogP contribution in [0.5, 0.6) is 11.5 Å². The highest BCUT2D eigenvalue weighted by molar-refractivity contribution is 6.31. The average molecular weight is 436 g/mol. The Kier molecular flexibility index (Phi) is 7.71. The predicted octanol–water partition coefficient (Wildman–Crippen LogP) is 5.07. The number of anilines is 1. The Balaban J connectivity index is 2.10. The molecule has 1 aliphatic rings. The highest BCUT2D eigenvalue weighted by Crippen LogP contribution is 2.36. The number of ketones is 1. The van der Waals surface area contributed by atoms with Crippen molar-refractivity contribution in [1.29, 1.82) is 0 Å². The zero-order valence-corrected chi connectivity index (χ0v) is 18.5. The Morgan fingerprint density at radius 2 is 1.88 bits per heavy atom. The van der Waals surface area contributed by atoms with Crippen molar-refractivity contribution in [3.8, 4) is 11.5 Å². The van der Waals surface area contributed by atoms with Crippen LogP contribution in [0.3, 0.4) is 0 Å². The van der Waals surface area contributed by atoms with E-state index in [1.165, 1.54) is 0 Å². The van der Waals surface area contributed by atoms with Gasteiger partial charge in [-0.15, -0.1) is 0 Å². The Morgan fingerprint density at radius 3 is 2.53 bits per heavy atom. The van der Waals surface area contributed by atoms with E-state index in [1.54, 1.807) is 13.2 Å². The molecule has 6 heteroatoms. The van der Waals surface area contributed by atoms with Gasteiger partial charge in [0.25, 0.3) is 0 Å². The normalized spacial score (nSPS) is 13.4. The second-order valence-corrected chi connectivity index (χ2v) is 7.74. The van der Waals surface area contributed by atoms with Gasteiger partial charge >= 0.3 is 5.97 Å². The lowest BCUT2D eigenvalue weighted by Gasteiger charge is -2.21. The molecule has 6 nitrogen and oxygen atoms in total. The third kappa shape index (κ3) is 5.38. The number of carbonyl (C=O) groups excluding carboxylic acids is 1. The van der Waals surface area contributed by atoms with Crippen LogP contribution in [0.15, 0.2) is 54.1 Å². The number of nitrogens with two attached hydrogens (primary N) is 1. The number of benzene rings is 2. The summed E-state index contributed by atoms with van der Waals surface area (Å²) in [5.41, 5.74) is 10.2. The first-order valence-electron chi connectivity index (χ1n) is 10.8. The van der Waals surface area contributed by atoms with E-state index in [0.29, 0.717) is 54.2 Å². The van der Waals surface area contributed by atoms with Crippen LogP contribution in [0.4, 0.5) is 5.69 Å². The maximum Gasteiger partial charge on any atom is 0.303 e. The maximum atomic E-state index is 13.7. The summed E-state index contributed by atoms with van der Waals surface area (Å²) in [6, 6.07) is 10.8. The molecule has 0 bridgehead atoms. The fourth-order valence-electron chi connectivity index (χ4n) is 3.77. The average Bonchev–Trinajstić information content (AvgIpc) is 2.77. The van der Waals surface area contributed by atoms with Crippen molar-refractivity contribution in [1.82, 2.24) is 0 Å². The molecule has 1 aliphatic carbocycles. The van der Waals surface area contributed by atoms with E-state index in [0.717, 1.165) is 23.1 Å². The molecular weight excluding hydrogens is 406 g/mol. The number of aliphatic carboxylic acids is 1. The molecule has 168 valence electrons. The summed E-state index contributed by atoms with van der Waals surface area (Å²) in [7, 11) is 1.59. The van der Waals surface area contributed by atoms with E-state index in [9.17, 15) is 9.59 Å². The van der Waals surface area contributed by atoms with Crippen LogP contribution in [-0.2, 0) is 11.2 Å². The van der Waals surface area contributed by atoms with Crippen molar-refractivity contribution in [2.75, 3.05) is 19.5 Å². The number of carboxylic acids is 1. The molecule has 0 aromatic heterocycles. The van der Waals surface area contributed by atoms with Crippen LogP contribution in [-0.4, -0.2) is 30.6 Å². The largest absolute Gasteiger partial charge is 0.497 e. The summed E-state index contributed by atoms with van der Waals surface area (Å²) < 4.78 is 11.2. The zero-order chi connectivity index (χ0) is 23.1. The van der Waals surface area contributed by atoms with Crippen molar-refractivity contribution in [3.05, 3.63) is 70.8 Å². The van der Waals surface area contributed by atoms with E-state index in [4.69, 9.17) is 20.3 Å². The molecule has 3 rings (SSSR count). The fourth-order valence-corrected chi connectivity index (χ4v) is 3.77. The monoisotopic (exact) mass is 435 g/mol. The Labute approximate surface area is 188 Å². The van der Waals surface area contributed by atoms with Gasteiger partial charge in [0.05, 0.1) is 19.3 Å². The minimum absolute atomic E-state index is 0.0916. The molecule has 0 atom stereocenters. The van der Waals surface area contributed by atoms with Crippen molar-refractivity contribution < 1.29 is 24.2 Å². The predicted molar refractivity (Wildman–Crippen MR) is 125 cm³/mol. The summed E-state index contributed by atoms with van der Waals surface area (Å²) >= 11 is 0. The summed E-state index contributed by atoms with van der Waals surface area (Å²) in [6.07, 6.45) is 6.27. The summed E-state index contributed by atoms with van der Waals surface area (Å²) in [5.74, 6) is 0.361. The molecular formula is C26H29NO5. The van der Waals surface area contributed by atoms with Gasteiger partial charge in [0, 0.05) is 23.2 Å². The van der Waals surface area contributed by atoms with E-state index in [1.807, 2.05) is 49.4 Å². The fraction of sp³-hybridized carbons (Fsp3) is 0.308. The van der Waals surface area contributed by atoms with E-state index < -0.39 is 5.97 Å². The number of methoxy groups -OCH3 is 1. The Bertz CT molecular complexity index is 1050. The summed E-state index contributed by atoms with van der Waals surface area (Å²) in [5, 5.41) is 9.02. The third-order valence-electron chi connectivity index (χ3n) is 5.41. The second-order valence-electron chi connectivity index (χ2n) is 7.74. The molecule has 32 heavy (non-hydrogen) atoms. The molecule has 2 aromatic carbocycles. The van der Waals surface area contributed by atoms with Gasteiger partial charge in [0.2, 0.25) is 0 Å². The summed E-state index contributed by atoms with van der Waals surface area (Å²) in [4.78, 5) is 24.6.